The van der Waals surface area contributed by atoms with Gasteiger partial charge in [-0.3, -0.25) is 9.59 Å². The van der Waals surface area contributed by atoms with E-state index in [4.69, 9.17) is 4.74 Å². The maximum absolute atomic E-state index is 13.6. The zero-order valence-electron chi connectivity index (χ0n) is 17.9. The van der Waals surface area contributed by atoms with E-state index in [1.54, 1.807) is 13.8 Å². The maximum Gasteiger partial charge on any atom is 0.416 e. The second-order valence-electron chi connectivity index (χ2n) is 7.17. The topological polar surface area (TPSA) is 119 Å². The molecule has 0 aliphatic rings. The molecule has 32 heavy (non-hydrogen) atoms. The van der Waals surface area contributed by atoms with E-state index in [-0.39, 0.29) is 27.5 Å². The quantitative estimate of drug-likeness (QED) is 0.621. The second-order valence-corrected chi connectivity index (χ2v) is 8.98. The Labute approximate surface area is 181 Å². The highest BCUT2D eigenvalue weighted by Gasteiger charge is 2.36. The summed E-state index contributed by atoms with van der Waals surface area (Å²) in [5, 5.41) is -0.403. The van der Waals surface area contributed by atoms with Crippen molar-refractivity contribution in [3.8, 4) is 0 Å². The van der Waals surface area contributed by atoms with Crippen LogP contribution >= 0.6 is 0 Å². The summed E-state index contributed by atoms with van der Waals surface area (Å²) in [6.07, 6.45) is -4.45. The van der Waals surface area contributed by atoms with Crippen molar-refractivity contribution < 1.29 is 31.1 Å². The van der Waals surface area contributed by atoms with E-state index in [1.165, 1.54) is 7.11 Å². The molecule has 0 aliphatic heterocycles. The van der Waals surface area contributed by atoms with Crippen molar-refractivity contribution in [1.29, 1.82) is 0 Å². The molecule has 13 heteroatoms. The summed E-state index contributed by atoms with van der Waals surface area (Å²) in [6, 6.07) is 1.50. The van der Waals surface area contributed by atoms with Gasteiger partial charge in [0.2, 0.25) is 0 Å². The summed E-state index contributed by atoms with van der Waals surface area (Å²) >= 11 is 0. The third-order valence-corrected chi connectivity index (χ3v) is 5.80. The van der Waals surface area contributed by atoms with Gasteiger partial charge in [0, 0.05) is 13.5 Å². The number of carbonyl (C=O) groups is 1. The van der Waals surface area contributed by atoms with Gasteiger partial charge < -0.3 is 9.72 Å². The summed E-state index contributed by atoms with van der Waals surface area (Å²) in [6.45, 7) is 3.34. The fourth-order valence-electron chi connectivity index (χ4n) is 3.33. The van der Waals surface area contributed by atoms with E-state index in [0.717, 1.165) is 6.07 Å². The average Bonchev–Trinajstić information content (AvgIpc) is 2.68. The number of fused-ring (bicyclic) bond motifs is 1. The van der Waals surface area contributed by atoms with Crippen LogP contribution in [0.5, 0.6) is 0 Å². The van der Waals surface area contributed by atoms with Crippen molar-refractivity contribution in [3.05, 3.63) is 44.1 Å². The van der Waals surface area contributed by atoms with E-state index < -0.39 is 55.9 Å². The highest BCUT2D eigenvalue weighted by molar-refractivity contribution is 7.92. The molecule has 178 valence electrons. The molecule has 0 radical (unpaired) electrons. The van der Waals surface area contributed by atoms with Crippen LogP contribution in [0.2, 0.25) is 0 Å². The van der Waals surface area contributed by atoms with Crippen LogP contribution in [0.15, 0.2) is 21.7 Å². The van der Waals surface area contributed by atoms with Gasteiger partial charge in [-0.1, -0.05) is 20.3 Å². The minimum Gasteiger partial charge on any atom is -0.377 e. The monoisotopic (exact) mass is 479 g/mol. The van der Waals surface area contributed by atoms with Crippen molar-refractivity contribution in [1.82, 2.24) is 9.66 Å². The number of nitrogens with one attached hydrogen (secondary N) is 1. The van der Waals surface area contributed by atoms with Crippen LogP contribution in [0.25, 0.3) is 10.9 Å². The van der Waals surface area contributed by atoms with E-state index in [2.05, 4.69) is 4.98 Å². The summed E-state index contributed by atoms with van der Waals surface area (Å²) < 4.78 is 70.7. The van der Waals surface area contributed by atoms with Crippen molar-refractivity contribution >= 4 is 26.8 Å². The largest absolute Gasteiger partial charge is 0.416 e. The molecular weight excluding hydrogens is 455 g/mol. The van der Waals surface area contributed by atoms with Gasteiger partial charge in [0.05, 0.1) is 28.8 Å². The second kappa shape index (κ2) is 9.45. The summed E-state index contributed by atoms with van der Waals surface area (Å²) in [5.41, 5.74) is -4.52. The molecule has 2 rings (SSSR count). The van der Waals surface area contributed by atoms with Crippen LogP contribution in [0.3, 0.4) is 0 Å². The number of aromatic nitrogens is 2. The highest BCUT2D eigenvalue weighted by Crippen LogP contribution is 2.38. The number of H-pyrrole nitrogens is 1. The molecule has 1 amide bonds. The van der Waals surface area contributed by atoms with E-state index in [9.17, 15) is 36.0 Å². The molecule has 2 aromatic rings. The Bertz CT molecular complexity index is 1230. The summed E-state index contributed by atoms with van der Waals surface area (Å²) in [5.74, 6) is -1.02. The number of amides is 1. The first-order chi connectivity index (χ1) is 14.8. The zero-order chi connectivity index (χ0) is 24.4. The van der Waals surface area contributed by atoms with Crippen LogP contribution in [-0.4, -0.2) is 37.4 Å². The number of hydrogen-bond acceptors (Lipinski definition) is 6. The number of hydrogen-bond donors (Lipinski definition) is 1. The molecule has 1 aromatic carbocycles. The van der Waals surface area contributed by atoms with Crippen LogP contribution in [0.4, 0.5) is 13.2 Å². The van der Waals surface area contributed by atoms with Gasteiger partial charge in [-0.15, -0.1) is 9.09 Å². The van der Waals surface area contributed by atoms with Crippen LogP contribution < -0.4 is 15.7 Å². The lowest BCUT2D eigenvalue weighted by atomic mass is 9.97. The Balaban J connectivity index is 2.93. The normalized spacial score (nSPS) is 13.3. The molecule has 0 bridgehead atoms. The van der Waals surface area contributed by atoms with Gasteiger partial charge in [-0.25, -0.2) is 13.2 Å². The number of sulfonamides is 1. The molecule has 1 heterocycles. The Hall–Kier alpha value is -2.67. The number of alkyl halides is 3. The average molecular weight is 479 g/mol. The number of ether oxygens (including phenoxy) is 1. The Kier molecular flexibility index (Phi) is 7.55. The minimum absolute atomic E-state index is 0.0498. The third kappa shape index (κ3) is 5.04. The lowest BCUT2D eigenvalue weighted by molar-refractivity contribution is -0.139. The van der Waals surface area contributed by atoms with E-state index in [0.29, 0.717) is 25.2 Å². The molecule has 1 N–H and O–H groups in total. The van der Waals surface area contributed by atoms with Crippen LogP contribution in [0, 0.1) is 0 Å². The molecule has 1 aromatic heterocycles. The predicted molar refractivity (Wildman–Crippen MR) is 111 cm³/mol. The first-order valence-electron chi connectivity index (χ1n) is 9.74. The number of methoxy groups -OCH3 is 1. The van der Waals surface area contributed by atoms with Crippen molar-refractivity contribution in [2.45, 2.75) is 51.8 Å². The smallest absolute Gasteiger partial charge is 0.377 e. The third-order valence-electron chi connectivity index (χ3n) is 4.81. The van der Waals surface area contributed by atoms with Crippen molar-refractivity contribution in [2.24, 2.45) is 0 Å². The molecule has 1 unspecified atom stereocenters. The number of carbonyl (C=O) groups excluding carboxylic acids is 1. The molecule has 0 saturated heterocycles. The Morgan fingerprint density at radius 2 is 1.88 bits per heavy atom. The minimum atomic E-state index is -4.81. The highest BCUT2D eigenvalue weighted by atomic mass is 32.2. The maximum atomic E-state index is 13.6. The molecule has 0 aliphatic carbocycles. The van der Waals surface area contributed by atoms with Crippen molar-refractivity contribution in [3.63, 3.8) is 0 Å². The molecule has 9 nitrogen and oxygen atoms in total. The predicted octanol–water partition coefficient (Wildman–Crippen LogP) is 2.42. The van der Waals surface area contributed by atoms with Crippen LogP contribution in [0.1, 0.15) is 56.8 Å². The molecule has 0 saturated carbocycles. The molecule has 0 fully saturated rings. The summed E-state index contributed by atoms with van der Waals surface area (Å²) in [4.78, 5) is 40.2. The number of halogens is 3. The first-order valence-corrected chi connectivity index (χ1v) is 11.6. The first kappa shape index (κ1) is 25.6. The zero-order valence-corrected chi connectivity index (χ0v) is 18.8. The number of rotatable bonds is 8. The Morgan fingerprint density at radius 1 is 1.25 bits per heavy atom. The lowest BCUT2D eigenvalue weighted by Crippen LogP contribution is -2.55. The molecular formula is C19H24F3N3O6S. The van der Waals surface area contributed by atoms with E-state index in [1.807, 2.05) is 0 Å². The standard InChI is InChI=1S/C19H24F3N3O6S/c1-5-7-8-16(26)25(32(4,29)30)24-17(27)12-9-11(15(6-2)31-3)13(19(20,21)22)10-14(12)23-18(24)28/h9-10,15H,5-8H2,1-4H3,(H,23,28). The van der Waals surface area contributed by atoms with Gasteiger partial charge in [-0.05, 0) is 30.5 Å². The molecule has 0 spiro atoms. The van der Waals surface area contributed by atoms with Crippen LogP contribution in [-0.2, 0) is 25.7 Å². The summed E-state index contributed by atoms with van der Waals surface area (Å²) in [7, 11) is -3.20. The number of benzene rings is 1. The SMILES string of the molecule is CCCCC(=O)N(n1c(=O)[nH]c2cc(C(F)(F)F)c(C(CC)OC)cc2c1=O)S(C)(=O)=O. The van der Waals surface area contributed by atoms with Gasteiger partial charge in [0.15, 0.2) is 0 Å². The lowest BCUT2D eigenvalue weighted by Gasteiger charge is -2.23. The Morgan fingerprint density at radius 3 is 2.34 bits per heavy atom. The van der Waals surface area contributed by atoms with Gasteiger partial charge >= 0.3 is 11.9 Å². The van der Waals surface area contributed by atoms with Gasteiger partial charge in [-0.2, -0.15) is 13.2 Å². The van der Waals surface area contributed by atoms with E-state index >= 15 is 0 Å². The number of unbranched alkanes of at least 4 members (excludes halogenated alkanes) is 1. The van der Waals surface area contributed by atoms with Gasteiger partial charge in [0.25, 0.3) is 21.5 Å². The number of nitrogens with zero attached hydrogens (tertiary/aromatic N) is 2. The van der Waals surface area contributed by atoms with Crippen molar-refractivity contribution in [2.75, 3.05) is 17.8 Å². The van der Waals surface area contributed by atoms with Gasteiger partial charge in [0.1, 0.15) is 0 Å². The molecule has 1 atom stereocenters. The number of aromatic amines is 1. The fourth-order valence-corrected chi connectivity index (χ4v) is 4.24. The fraction of sp³-hybridized carbons (Fsp3) is 0.526.